The molecule has 1 aliphatic heterocycles. The molecule has 1 aromatic rings. The Labute approximate surface area is 94.9 Å². The lowest BCUT2D eigenvalue weighted by Crippen LogP contribution is -2.08. The lowest BCUT2D eigenvalue weighted by Gasteiger charge is -2.01. The first-order valence-electron chi connectivity index (χ1n) is 5.57. The monoisotopic (exact) mass is 226 g/mol. The van der Waals surface area contributed by atoms with Gasteiger partial charge in [0.15, 0.2) is 0 Å². The van der Waals surface area contributed by atoms with Crippen molar-refractivity contribution in [3.8, 4) is 0 Å². The van der Waals surface area contributed by atoms with Gasteiger partial charge in [-0.2, -0.15) is 0 Å². The number of nitrogens with one attached hydrogen (secondary N) is 1. The molecule has 3 nitrogen and oxygen atoms in total. The summed E-state index contributed by atoms with van der Waals surface area (Å²) < 4.78 is 5.38. The van der Waals surface area contributed by atoms with Crippen molar-refractivity contribution in [1.29, 1.82) is 0 Å². The Morgan fingerprint density at radius 2 is 2.60 bits per heavy atom. The van der Waals surface area contributed by atoms with Gasteiger partial charge >= 0.3 is 0 Å². The molecule has 1 N–H and O–H groups in total. The van der Waals surface area contributed by atoms with E-state index < -0.39 is 0 Å². The van der Waals surface area contributed by atoms with Gasteiger partial charge in [-0.3, -0.25) is 0 Å². The Kier molecular flexibility index (Phi) is 4.11. The maximum Gasteiger partial charge on any atom is 0.0983 e. The molecule has 1 aliphatic rings. The second kappa shape index (κ2) is 5.58. The van der Waals surface area contributed by atoms with Crippen LogP contribution in [0.1, 0.15) is 29.5 Å². The van der Waals surface area contributed by atoms with Crippen molar-refractivity contribution in [2.24, 2.45) is 0 Å². The van der Waals surface area contributed by atoms with Gasteiger partial charge in [-0.1, -0.05) is 0 Å². The van der Waals surface area contributed by atoms with E-state index in [9.17, 15) is 0 Å². The van der Waals surface area contributed by atoms with E-state index in [4.69, 9.17) is 4.74 Å². The average molecular weight is 226 g/mol. The Balaban J connectivity index is 1.86. The minimum absolute atomic E-state index is 0.563. The SMILES string of the molecule is CNCCCc1csc(C2CCOC2)n1. The minimum atomic E-state index is 0.563. The lowest BCUT2D eigenvalue weighted by molar-refractivity contribution is 0.194. The Morgan fingerprint density at radius 1 is 1.67 bits per heavy atom. The molecule has 0 spiro atoms. The molecule has 2 rings (SSSR count). The summed E-state index contributed by atoms with van der Waals surface area (Å²) in [5.74, 6) is 0.563. The van der Waals surface area contributed by atoms with Gasteiger partial charge in [0.05, 0.1) is 17.3 Å². The maximum absolute atomic E-state index is 5.38. The summed E-state index contributed by atoms with van der Waals surface area (Å²) >= 11 is 1.79. The smallest absolute Gasteiger partial charge is 0.0983 e. The van der Waals surface area contributed by atoms with Gasteiger partial charge in [-0.25, -0.2) is 4.98 Å². The lowest BCUT2D eigenvalue weighted by atomic mass is 10.1. The molecule has 0 aromatic carbocycles. The van der Waals surface area contributed by atoms with Gasteiger partial charge < -0.3 is 10.1 Å². The molecule has 1 atom stereocenters. The summed E-state index contributed by atoms with van der Waals surface area (Å²) in [7, 11) is 1.99. The van der Waals surface area contributed by atoms with Crippen LogP contribution in [0.4, 0.5) is 0 Å². The third kappa shape index (κ3) is 3.00. The van der Waals surface area contributed by atoms with E-state index >= 15 is 0 Å². The topological polar surface area (TPSA) is 34.1 Å². The number of hydrogen-bond donors (Lipinski definition) is 1. The first-order valence-corrected chi connectivity index (χ1v) is 6.44. The standard InChI is InChI=1S/C11H18N2OS/c1-12-5-2-3-10-8-15-11(13-10)9-4-6-14-7-9/h8-9,12H,2-7H2,1H3. The second-order valence-corrected chi connectivity index (χ2v) is 4.83. The minimum Gasteiger partial charge on any atom is -0.381 e. The first kappa shape index (κ1) is 11.0. The number of rotatable bonds is 5. The molecule has 15 heavy (non-hydrogen) atoms. The van der Waals surface area contributed by atoms with Crippen LogP contribution in [0.3, 0.4) is 0 Å². The molecule has 0 amide bonds. The molecule has 0 aliphatic carbocycles. The molecule has 1 aromatic heterocycles. The fourth-order valence-electron chi connectivity index (χ4n) is 1.80. The van der Waals surface area contributed by atoms with Gasteiger partial charge in [0.1, 0.15) is 0 Å². The van der Waals surface area contributed by atoms with E-state index in [-0.39, 0.29) is 0 Å². The zero-order valence-electron chi connectivity index (χ0n) is 9.16. The fourth-order valence-corrected chi connectivity index (χ4v) is 2.78. The van der Waals surface area contributed by atoms with Gasteiger partial charge in [-0.05, 0) is 32.9 Å². The quantitative estimate of drug-likeness (QED) is 0.777. The summed E-state index contributed by atoms with van der Waals surface area (Å²) in [5.41, 5.74) is 1.25. The third-order valence-electron chi connectivity index (χ3n) is 2.71. The van der Waals surface area contributed by atoms with Gasteiger partial charge in [-0.15, -0.1) is 11.3 Å². The van der Waals surface area contributed by atoms with E-state index in [0.29, 0.717) is 5.92 Å². The Bertz CT molecular complexity index is 295. The highest BCUT2D eigenvalue weighted by Crippen LogP contribution is 2.27. The van der Waals surface area contributed by atoms with E-state index in [1.165, 1.54) is 17.1 Å². The van der Waals surface area contributed by atoms with Crippen LogP contribution in [0.2, 0.25) is 0 Å². The molecule has 4 heteroatoms. The van der Waals surface area contributed by atoms with Crippen molar-refractivity contribution in [3.05, 3.63) is 16.1 Å². The van der Waals surface area contributed by atoms with Gasteiger partial charge in [0, 0.05) is 17.9 Å². The zero-order chi connectivity index (χ0) is 10.5. The highest BCUT2D eigenvalue weighted by Gasteiger charge is 2.20. The molecular weight excluding hydrogens is 208 g/mol. The third-order valence-corrected chi connectivity index (χ3v) is 3.76. The molecule has 0 radical (unpaired) electrons. The van der Waals surface area contributed by atoms with E-state index in [2.05, 4.69) is 15.7 Å². The summed E-state index contributed by atoms with van der Waals surface area (Å²) in [5, 5.41) is 6.62. The van der Waals surface area contributed by atoms with E-state index in [1.807, 2.05) is 7.05 Å². The summed E-state index contributed by atoms with van der Waals surface area (Å²) in [6.07, 6.45) is 3.40. The molecule has 0 saturated carbocycles. The number of nitrogens with zero attached hydrogens (tertiary/aromatic N) is 1. The molecule has 84 valence electrons. The molecular formula is C11H18N2OS. The van der Waals surface area contributed by atoms with Crippen molar-refractivity contribution in [2.45, 2.75) is 25.2 Å². The molecule has 0 bridgehead atoms. The van der Waals surface area contributed by atoms with Crippen LogP contribution in [0.25, 0.3) is 0 Å². The normalized spacial score (nSPS) is 21.0. The average Bonchev–Trinajstić information content (AvgIpc) is 2.87. The fraction of sp³-hybridized carbons (Fsp3) is 0.727. The molecule has 2 heterocycles. The summed E-state index contributed by atoms with van der Waals surface area (Å²) in [6.45, 7) is 2.84. The zero-order valence-corrected chi connectivity index (χ0v) is 9.98. The van der Waals surface area contributed by atoms with Crippen molar-refractivity contribution in [1.82, 2.24) is 10.3 Å². The van der Waals surface area contributed by atoms with Crippen molar-refractivity contribution >= 4 is 11.3 Å². The van der Waals surface area contributed by atoms with Crippen LogP contribution in [0, 0.1) is 0 Å². The number of thiazole rings is 1. The maximum atomic E-state index is 5.38. The highest BCUT2D eigenvalue weighted by atomic mass is 32.1. The summed E-state index contributed by atoms with van der Waals surface area (Å²) in [4.78, 5) is 4.67. The first-order chi connectivity index (χ1) is 7.40. The largest absolute Gasteiger partial charge is 0.381 e. The Morgan fingerprint density at radius 3 is 3.33 bits per heavy atom. The van der Waals surface area contributed by atoms with Gasteiger partial charge in [0.2, 0.25) is 0 Å². The highest BCUT2D eigenvalue weighted by molar-refractivity contribution is 7.09. The predicted octanol–water partition coefficient (Wildman–Crippen LogP) is 1.80. The molecule has 1 saturated heterocycles. The van der Waals surface area contributed by atoms with Crippen LogP contribution in [-0.2, 0) is 11.2 Å². The molecule has 1 unspecified atom stereocenters. The van der Waals surface area contributed by atoms with Crippen LogP contribution in [-0.4, -0.2) is 31.8 Å². The molecule has 1 fully saturated rings. The second-order valence-electron chi connectivity index (χ2n) is 3.94. The van der Waals surface area contributed by atoms with Crippen LogP contribution in [0.15, 0.2) is 5.38 Å². The van der Waals surface area contributed by atoms with E-state index in [0.717, 1.165) is 32.6 Å². The van der Waals surface area contributed by atoms with Crippen molar-refractivity contribution < 1.29 is 4.74 Å². The van der Waals surface area contributed by atoms with Crippen molar-refractivity contribution in [3.63, 3.8) is 0 Å². The number of ether oxygens (including phenoxy) is 1. The van der Waals surface area contributed by atoms with E-state index in [1.54, 1.807) is 11.3 Å². The predicted molar refractivity (Wildman–Crippen MR) is 62.5 cm³/mol. The number of aromatic nitrogens is 1. The van der Waals surface area contributed by atoms with Crippen LogP contribution >= 0.6 is 11.3 Å². The Hall–Kier alpha value is -0.450. The van der Waals surface area contributed by atoms with Crippen LogP contribution < -0.4 is 5.32 Å². The summed E-state index contributed by atoms with van der Waals surface area (Å²) in [6, 6.07) is 0. The number of hydrogen-bond acceptors (Lipinski definition) is 4. The number of aryl methyl sites for hydroxylation is 1. The van der Waals surface area contributed by atoms with Gasteiger partial charge in [0.25, 0.3) is 0 Å². The van der Waals surface area contributed by atoms with Crippen molar-refractivity contribution in [2.75, 3.05) is 26.8 Å². The van der Waals surface area contributed by atoms with Crippen LogP contribution in [0.5, 0.6) is 0 Å².